The molecule has 132 valence electrons. The Kier molecular flexibility index (Phi) is 4.44. The smallest absolute Gasteiger partial charge is 0.408 e. The predicted molar refractivity (Wildman–Crippen MR) is 96.8 cm³/mol. The molecule has 0 aliphatic carbocycles. The first-order chi connectivity index (χ1) is 12.2. The Hall–Kier alpha value is -2.34. The topological polar surface area (TPSA) is 67.1 Å². The second-order valence-electron chi connectivity index (χ2n) is 6.96. The number of piperidine rings is 1. The minimum atomic E-state index is -0.260. The number of hydrogen-bond donors (Lipinski definition) is 1. The Morgan fingerprint density at radius 1 is 1.32 bits per heavy atom. The van der Waals surface area contributed by atoms with Crippen LogP contribution in [0.15, 0.2) is 39.5 Å². The Bertz CT molecular complexity index is 907. The molecule has 0 unspecified atom stereocenters. The summed E-state index contributed by atoms with van der Waals surface area (Å²) in [5.74, 6) is 0.251. The lowest BCUT2D eigenvalue weighted by Gasteiger charge is -2.31. The molecule has 0 radical (unpaired) electrons. The maximum Gasteiger partial charge on any atom is 0.419 e. The molecule has 2 aromatic heterocycles. The Morgan fingerprint density at radius 2 is 2.20 bits per heavy atom. The quantitative estimate of drug-likeness (QED) is 0.775. The number of nitrogens with one attached hydrogen (secondary N) is 1. The maximum atomic E-state index is 12.0. The molecule has 1 N–H and O–H groups in total. The predicted octanol–water partition coefficient (Wildman–Crippen LogP) is 2.90. The fourth-order valence-corrected chi connectivity index (χ4v) is 3.83. The van der Waals surface area contributed by atoms with Gasteiger partial charge in [0.2, 0.25) is 0 Å². The van der Waals surface area contributed by atoms with Gasteiger partial charge in [0.25, 0.3) is 0 Å². The number of aryl methyl sites for hydroxylation is 2. The molecule has 4 rings (SSSR count). The summed E-state index contributed by atoms with van der Waals surface area (Å²) < 4.78 is 7.04. The highest BCUT2D eigenvalue weighted by atomic mass is 16.4. The fourth-order valence-electron chi connectivity index (χ4n) is 3.83. The number of rotatable bonds is 5. The van der Waals surface area contributed by atoms with E-state index < -0.39 is 0 Å². The molecule has 1 atom stereocenters. The van der Waals surface area contributed by atoms with E-state index in [2.05, 4.69) is 21.2 Å². The van der Waals surface area contributed by atoms with Gasteiger partial charge in [-0.1, -0.05) is 12.1 Å². The third-order valence-corrected chi connectivity index (χ3v) is 5.08. The van der Waals surface area contributed by atoms with Crippen LogP contribution < -0.4 is 5.76 Å². The zero-order valence-electron chi connectivity index (χ0n) is 14.6. The van der Waals surface area contributed by atoms with Crippen molar-refractivity contribution in [3.8, 4) is 0 Å². The number of likely N-dealkylation sites (tertiary alicyclic amines) is 1. The van der Waals surface area contributed by atoms with Crippen molar-refractivity contribution in [3.63, 3.8) is 0 Å². The molecule has 0 spiro atoms. The monoisotopic (exact) mass is 340 g/mol. The molecule has 1 aliphatic heterocycles. The first kappa shape index (κ1) is 16.1. The minimum absolute atomic E-state index is 0.260. The van der Waals surface area contributed by atoms with Crippen LogP contribution in [0.25, 0.3) is 11.1 Å². The first-order valence-electron chi connectivity index (χ1n) is 9.03. The van der Waals surface area contributed by atoms with Gasteiger partial charge in [-0.3, -0.25) is 9.67 Å². The average Bonchev–Trinajstić information content (AvgIpc) is 3.19. The van der Waals surface area contributed by atoms with Crippen LogP contribution in [0.3, 0.4) is 0 Å². The number of benzene rings is 1. The summed E-state index contributed by atoms with van der Waals surface area (Å²) in [6.07, 6.45) is 3.34. The summed E-state index contributed by atoms with van der Waals surface area (Å²) >= 11 is 0. The van der Waals surface area contributed by atoms with Crippen LogP contribution in [-0.2, 0) is 6.54 Å². The minimum Gasteiger partial charge on any atom is -0.408 e. The van der Waals surface area contributed by atoms with E-state index in [9.17, 15) is 4.79 Å². The van der Waals surface area contributed by atoms with Crippen LogP contribution >= 0.6 is 0 Å². The van der Waals surface area contributed by atoms with Crippen LogP contribution in [0.5, 0.6) is 0 Å². The van der Waals surface area contributed by atoms with Crippen LogP contribution in [0.4, 0.5) is 0 Å². The van der Waals surface area contributed by atoms with Gasteiger partial charge >= 0.3 is 5.76 Å². The molecule has 0 saturated carbocycles. The van der Waals surface area contributed by atoms with Crippen LogP contribution in [-0.4, -0.2) is 39.3 Å². The normalized spacial score (nSPS) is 18.8. The molecule has 1 aliphatic rings. The van der Waals surface area contributed by atoms with Gasteiger partial charge in [0.1, 0.15) is 0 Å². The molecule has 6 nitrogen and oxygen atoms in total. The highest BCUT2D eigenvalue weighted by Crippen LogP contribution is 2.26. The van der Waals surface area contributed by atoms with E-state index in [1.807, 2.05) is 31.2 Å². The van der Waals surface area contributed by atoms with E-state index >= 15 is 0 Å². The number of H-pyrrole nitrogens is 1. The molecule has 1 fully saturated rings. The third-order valence-electron chi connectivity index (χ3n) is 5.08. The Morgan fingerprint density at radius 3 is 3.04 bits per heavy atom. The zero-order chi connectivity index (χ0) is 17.2. The number of oxazole rings is 1. The van der Waals surface area contributed by atoms with Crippen molar-refractivity contribution < 1.29 is 4.42 Å². The number of nitrogens with zero attached hydrogens (tertiary/aromatic N) is 3. The molecular weight excluding hydrogens is 316 g/mol. The molecule has 1 aromatic carbocycles. The van der Waals surface area contributed by atoms with Crippen LogP contribution in [0.2, 0.25) is 0 Å². The van der Waals surface area contributed by atoms with E-state index in [-0.39, 0.29) is 5.76 Å². The lowest BCUT2D eigenvalue weighted by atomic mass is 9.94. The largest absolute Gasteiger partial charge is 0.419 e. The zero-order valence-corrected chi connectivity index (χ0v) is 14.6. The lowest BCUT2D eigenvalue weighted by Crippen LogP contribution is -2.35. The molecule has 0 amide bonds. The van der Waals surface area contributed by atoms with E-state index in [0.29, 0.717) is 18.0 Å². The van der Waals surface area contributed by atoms with Gasteiger partial charge in [-0.2, -0.15) is 5.10 Å². The Labute approximate surface area is 146 Å². The third kappa shape index (κ3) is 3.39. The van der Waals surface area contributed by atoms with Crippen molar-refractivity contribution in [1.29, 1.82) is 0 Å². The van der Waals surface area contributed by atoms with Crippen molar-refractivity contribution in [1.82, 2.24) is 19.7 Å². The summed E-state index contributed by atoms with van der Waals surface area (Å²) in [7, 11) is 0. The van der Waals surface area contributed by atoms with Gasteiger partial charge in [0.05, 0.1) is 11.2 Å². The van der Waals surface area contributed by atoms with Crippen molar-refractivity contribution in [2.45, 2.75) is 38.6 Å². The van der Waals surface area contributed by atoms with Crippen molar-refractivity contribution in [2.24, 2.45) is 0 Å². The van der Waals surface area contributed by atoms with Gasteiger partial charge in [-0.05, 0) is 57.5 Å². The highest BCUT2D eigenvalue weighted by molar-refractivity contribution is 5.72. The summed E-state index contributed by atoms with van der Waals surface area (Å²) in [4.78, 5) is 14.5. The lowest BCUT2D eigenvalue weighted by molar-refractivity contribution is 0.201. The molecular formula is C19H24N4O2. The van der Waals surface area contributed by atoms with E-state index in [0.717, 1.165) is 37.3 Å². The summed E-state index contributed by atoms with van der Waals surface area (Å²) in [6.45, 7) is 5.90. The molecule has 3 aromatic rings. The fraction of sp³-hybridized carbons (Fsp3) is 0.474. The number of para-hydroxylation sites is 2. The molecule has 6 heteroatoms. The van der Waals surface area contributed by atoms with E-state index in [1.54, 1.807) is 4.57 Å². The summed E-state index contributed by atoms with van der Waals surface area (Å²) in [6, 6.07) is 9.77. The second kappa shape index (κ2) is 6.88. The molecule has 0 bridgehead atoms. The number of fused-ring (bicyclic) bond motifs is 1. The second-order valence-corrected chi connectivity index (χ2v) is 6.96. The number of aromatic nitrogens is 3. The van der Waals surface area contributed by atoms with Gasteiger partial charge in [-0.15, -0.1) is 0 Å². The van der Waals surface area contributed by atoms with Crippen molar-refractivity contribution >= 4 is 11.1 Å². The first-order valence-corrected chi connectivity index (χ1v) is 9.03. The SMILES string of the molecule is Cc1cc([C@H]2CCCN(CCCn3c(=O)oc4ccccc43)C2)n[nH]1. The van der Waals surface area contributed by atoms with E-state index in [1.165, 1.54) is 18.5 Å². The van der Waals surface area contributed by atoms with Gasteiger partial charge in [0, 0.05) is 24.7 Å². The number of hydrogen-bond acceptors (Lipinski definition) is 4. The van der Waals surface area contributed by atoms with Gasteiger partial charge in [-0.25, -0.2) is 4.79 Å². The highest BCUT2D eigenvalue weighted by Gasteiger charge is 2.22. The molecule has 3 heterocycles. The summed E-state index contributed by atoms with van der Waals surface area (Å²) in [5, 5.41) is 7.48. The standard InChI is InChI=1S/C19H24N4O2/c1-14-12-16(21-20-14)15-6-4-9-22(13-15)10-5-11-23-17-7-2-3-8-18(17)25-19(23)24/h2-3,7-8,12,15H,4-6,9-11,13H2,1H3,(H,20,21)/t15-/m0/s1. The van der Waals surface area contributed by atoms with Gasteiger partial charge < -0.3 is 9.32 Å². The molecule has 1 saturated heterocycles. The van der Waals surface area contributed by atoms with Crippen molar-refractivity contribution in [3.05, 3.63) is 52.3 Å². The van der Waals surface area contributed by atoms with E-state index in [4.69, 9.17) is 4.42 Å². The van der Waals surface area contributed by atoms with Gasteiger partial charge in [0.15, 0.2) is 5.58 Å². The van der Waals surface area contributed by atoms with Crippen LogP contribution in [0, 0.1) is 6.92 Å². The maximum absolute atomic E-state index is 12.0. The summed E-state index contributed by atoms with van der Waals surface area (Å²) in [5.41, 5.74) is 3.85. The Balaban J connectivity index is 1.36. The average molecular weight is 340 g/mol. The van der Waals surface area contributed by atoms with Crippen molar-refractivity contribution in [2.75, 3.05) is 19.6 Å². The van der Waals surface area contributed by atoms with Crippen LogP contribution in [0.1, 0.15) is 36.6 Å². The molecule has 25 heavy (non-hydrogen) atoms. The number of aromatic amines is 1.